The molecular formula is C21H15ClN6OS. The number of hydrogen-bond acceptors (Lipinski definition) is 6. The molecule has 0 unspecified atom stereocenters. The molecule has 5 aromatic rings. The van der Waals surface area contributed by atoms with Crippen LogP contribution < -0.4 is 4.90 Å². The minimum Gasteiger partial charge on any atom is -0.282 e. The van der Waals surface area contributed by atoms with E-state index in [0.717, 1.165) is 26.8 Å². The van der Waals surface area contributed by atoms with Gasteiger partial charge in [-0.25, -0.2) is 9.67 Å². The van der Waals surface area contributed by atoms with Gasteiger partial charge in [0, 0.05) is 17.4 Å². The Morgan fingerprint density at radius 3 is 2.87 bits per heavy atom. The molecule has 0 aliphatic heterocycles. The molecule has 0 bridgehead atoms. The Morgan fingerprint density at radius 2 is 2.00 bits per heavy atom. The molecule has 2 aromatic carbocycles. The van der Waals surface area contributed by atoms with Gasteiger partial charge >= 0.3 is 0 Å². The molecule has 3 aromatic heterocycles. The molecule has 0 fully saturated rings. The number of nitrogens with zero attached hydrogens (tertiary/aromatic N) is 6. The number of carbonyl (C=O) groups excluding carboxylic acids is 1. The molecule has 0 saturated carbocycles. The summed E-state index contributed by atoms with van der Waals surface area (Å²) in [6.07, 6.45) is 3.45. The van der Waals surface area contributed by atoms with Gasteiger partial charge in [0.1, 0.15) is 12.1 Å². The fraction of sp³-hybridized carbons (Fsp3) is 0.0952. The van der Waals surface area contributed by atoms with Crippen LogP contribution in [0.5, 0.6) is 0 Å². The number of pyridine rings is 1. The molecule has 0 saturated heterocycles. The van der Waals surface area contributed by atoms with Gasteiger partial charge in [0.2, 0.25) is 0 Å². The third-order valence-electron chi connectivity index (χ3n) is 4.64. The van der Waals surface area contributed by atoms with Crippen molar-refractivity contribution in [3.63, 3.8) is 0 Å². The number of aromatic nitrogens is 5. The number of hydrogen-bond donors (Lipinski definition) is 0. The van der Waals surface area contributed by atoms with Gasteiger partial charge in [-0.05, 0) is 42.0 Å². The molecule has 30 heavy (non-hydrogen) atoms. The lowest BCUT2D eigenvalue weighted by atomic mass is 10.2. The Kier molecular flexibility index (Phi) is 4.86. The van der Waals surface area contributed by atoms with E-state index in [9.17, 15) is 4.79 Å². The quantitative estimate of drug-likeness (QED) is 0.411. The van der Waals surface area contributed by atoms with E-state index in [2.05, 4.69) is 20.3 Å². The van der Waals surface area contributed by atoms with Crippen molar-refractivity contribution in [2.75, 3.05) is 4.90 Å². The molecule has 5 rings (SSSR count). The first-order chi connectivity index (χ1) is 14.7. The highest BCUT2D eigenvalue weighted by Gasteiger charge is 2.22. The van der Waals surface area contributed by atoms with Gasteiger partial charge in [-0.15, -0.1) is 5.10 Å². The normalized spacial score (nSPS) is 11.2. The molecule has 9 heteroatoms. The average molecular weight is 435 g/mol. The highest BCUT2D eigenvalue weighted by Crippen LogP contribution is 2.31. The first-order valence-electron chi connectivity index (χ1n) is 9.21. The van der Waals surface area contributed by atoms with Crippen molar-refractivity contribution in [2.24, 2.45) is 0 Å². The van der Waals surface area contributed by atoms with Gasteiger partial charge in [-0.1, -0.05) is 46.4 Å². The Morgan fingerprint density at radius 1 is 1.10 bits per heavy atom. The number of benzene rings is 2. The molecule has 1 amide bonds. The highest BCUT2D eigenvalue weighted by molar-refractivity contribution is 7.22. The maximum atomic E-state index is 13.4. The average Bonchev–Trinajstić information content (AvgIpc) is 3.36. The molecular weight excluding hydrogens is 420 g/mol. The minimum absolute atomic E-state index is 0.0530. The lowest BCUT2D eigenvalue weighted by molar-refractivity contribution is -0.119. The Hall–Kier alpha value is -3.36. The SMILES string of the molecule is O=C(Cn1nnc2ccccc21)N(Cc1cccnc1)c1nc2ccc(Cl)cc2s1. The second kappa shape index (κ2) is 7.81. The largest absolute Gasteiger partial charge is 0.282 e. The summed E-state index contributed by atoms with van der Waals surface area (Å²) in [6.45, 7) is 0.407. The van der Waals surface area contributed by atoms with Crippen molar-refractivity contribution in [3.8, 4) is 0 Å². The van der Waals surface area contributed by atoms with Crippen molar-refractivity contribution >= 4 is 55.2 Å². The summed E-state index contributed by atoms with van der Waals surface area (Å²) >= 11 is 7.55. The number of halogens is 1. The maximum absolute atomic E-state index is 13.4. The molecule has 0 aliphatic carbocycles. The van der Waals surface area contributed by atoms with Crippen LogP contribution in [-0.4, -0.2) is 30.9 Å². The number of thiazole rings is 1. The number of fused-ring (bicyclic) bond motifs is 2. The summed E-state index contributed by atoms with van der Waals surface area (Å²) in [5.41, 5.74) is 3.27. The van der Waals surface area contributed by atoms with Crippen molar-refractivity contribution in [1.29, 1.82) is 0 Å². The first-order valence-corrected chi connectivity index (χ1v) is 10.4. The molecule has 0 radical (unpaired) electrons. The van der Waals surface area contributed by atoms with Crippen LogP contribution in [0.4, 0.5) is 5.13 Å². The van der Waals surface area contributed by atoms with Gasteiger partial charge in [0.05, 0.1) is 22.3 Å². The summed E-state index contributed by atoms with van der Waals surface area (Å²) in [7, 11) is 0. The molecule has 3 heterocycles. The van der Waals surface area contributed by atoms with E-state index in [0.29, 0.717) is 16.7 Å². The van der Waals surface area contributed by atoms with Crippen LogP contribution in [0.2, 0.25) is 5.02 Å². The molecule has 0 spiro atoms. The Bertz CT molecular complexity index is 1350. The predicted molar refractivity (Wildman–Crippen MR) is 118 cm³/mol. The Labute approximate surface area is 180 Å². The zero-order valence-electron chi connectivity index (χ0n) is 15.6. The molecule has 148 valence electrons. The monoisotopic (exact) mass is 434 g/mol. The second-order valence-corrected chi connectivity index (χ2v) is 8.13. The third-order valence-corrected chi connectivity index (χ3v) is 5.92. The topological polar surface area (TPSA) is 76.8 Å². The van der Waals surface area contributed by atoms with Crippen LogP contribution >= 0.6 is 22.9 Å². The summed E-state index contributed by atoms with van der Waals surface area (Å²) in [6, 6.07) is 16.8. The number of rotatable bonds is 5. The number of amides is 1. The van der Waals surface area contributed by atoms with E-state index in [1.54, 1.807) is 28.0 Å². The van der Waals surface area contributed by atoms with Crippen LogP contribution in [0.25, 0.3) is 21.3 Å². The first kappa shape index (κ1) is 18.7. The van der Waals surface area contributed by atoms with E-state index in [4.69, 9.17) is 11.6 Å². The Balaban J connectivity index is 1.51. The molecule has 0 N–H and O–H groups in total. The summed E-state index contributed by atoms with van der Waals surface area (Å²) in [5, 5.41) is 9.52. The third kappa shape index (κ3) is 3.62. The van der Waals surface area contributed by atoms with Crippen LogP contribution in [-0.2, 0) is 17.9 Å². The standard InChI is InChI=1S/C21H15ClN6OS/c22-15-7-8-17-19(10-15)30-21(24-17)27(12-14-4-3-9-23-11-14)20(29)13-28-18-6-2-1-5-16(18)25-26-28/h1-11H,12-13H2. The molecule has 7 nitrogen and oxygen atoms in total. The van der Waals surface area contributed by atoms with E-state index in [-0.39, 0.29) is 12.5 Å². The van der Waals surface area contributed by atoms with Crippen molar-refractivity contribution in [3.05, 3.63) is 77.6 Å². The zero-order valence-corrected chi connectivity index (χ0v) is 17.2. The number of anilines is 1. The van der Waals surface area contributed by atoms with Gasteiger partial charge in [0.15, 0.2) is 5.13 Å². The van der Waals surface area contributed by atoms with Crippen LogP contribution in [0.1, 0.15) is 5.56 Å². The van der Waals surface area contributed by atoms with Crippen molar-refractivity contribution in [1.82, 2.24) is 25.0 Å². The van der Waals surface area contributed by atoms with Crippen molar-refractivity contribution < 1.29 is 4.79 Å². The smallest absolute Gasteiger partial charge is 0.250 e. The van der Waals surface area contributed by atoms with Crippen LogP contribution in [0.15, 0.2) is 67.0 Å². The lowest BCUT2D eigenvalue weighted by Crippen LogP contribution is -2.33. The van der Waals surface area contributed by atoms with Gasteiger partial charge in [0.25, 0.3) is 5.91 Å². The number of carbonyl (C=O) groups is 1. The van der Waals surface area contributed by atoms with Gasteiger partial charge in [-0.2, -0.15) is 0 Å². The highest BCUT2D eigenvalue weighted by atomic mass is 35.5. The van der Waals surface area contributed by atoms with E-state index < -0.39 is 0 Å². The maximum Gasteiger partial charge on any atom is 0.250 e. The fourth-order valence-electron chi connectivity index (χ4n) is 3.19. The zero-order chi connectivity index (χ0) is 20.5. The van der Waals surface area contributed by atoms with E-state index in [1.165, 1.54) is 11.3 Å². The van der Waals surface area contributed by atoms with Gasteiger partial charge in [-0.3, -0.25) is 14.7 Å². The molecule has 0 aliphatic rings. The lowest BCUT2D eigenvalue weighted by Gasteiger charge is -2.20. The van der Waals surface area contributed by atoms with Crippen molar-refractivity contribution in [2.45, 2.75) is 13.1 Å². The van der Waals surface area contributed by atoms with E-state index in [1.807, 2.05) is 48.5 Å². The second-order valence-electron chi connectivity index (χ2n) is 6.69. The fourth-order valence-corrected chi connectivity index (χ4v) is 4.44. The van der Waals surface area contributed by atoms with Crippen LogP contribution in [0.3, 0.4) is 0 Å². The van der Waals surface area contributed by atoms with E-state index >= 15 is 0 Å². The number of para-hydroxylation sites is 1. The molecule has 0 atom stereocenters. The summed E-state index contributed by atoms with van der Waals surface area (Å²) < 4.78 is 2.53. The predicted octanol–water partition coefficient (Wildman–Crippen LogP) is 4.32. The van der Waals surface area contributed by atoms with Gasteiger partial charge < -0.3 is 0 Å². The van der Waals surface area contributed by atoms with Crippen LogP contribution in [0, 0.1) is 0 Å². The summed E-state index contributed by atoms with van der Waals surface area (Å²) in [5.74, 6) is -0.139. The summed E-state index contributed by atoms with van der Waals surface area (Å²) in [4.78, 5) is 23.8. The minimum atomic E-state index is -0.139.